The Labute approximate surface area is 177 Å². The molecule has 1 aromatic carbocycles. The van der Waals surface area contributed by atoms with Crippen molar-refractivity contribution in [2.75, 3.05) is 6.61 Å². The first-order valence-corrected chi connectivity index (χ1v) is 10.5. The molecule has 4 aromatic rings. The van der Waals surface area contributed by atoms with Gasteiger partial charge in [-0.05, 0) is 40.2 Å². The molecule has 8 nitrogen and oxygen atoms in total. The van der Waals surface area contributed by atoms with Crippen LogP contribution >= 0.6 is 27.7 Å². The Morgan fingerprint density at radius 1 is 1.17 bits per heavy atom. The number of aromatic nitrogens is 4. The van der Waals surface area contributed by atoms with Gasteiger partial charge in [0.05, 0.1) is 5.69 Å². The predicted octanol–water partition coefficient (Wildman–Crippen LogP) is 3.64. The van der Waals surface area contributed by atoms with E-state index in [2.05, 4.69) is 31.1 Å². The van der Waals surface area contributed by atoms with Crippen LogP contribution in [0.25, 0.3) is 5.65 Å². The molecule has 0 fully saturated rings. The highest BCUT2D eigenvalue weighted by molar-refractivity contribution is 9.10. The Bertz CT molecular complexity index is 1260. The minimum absolute atomic E-state index is 0.149. The van der Waals surface area contributed by atoms with E-state index in [1.54, 1.807) is 12.3 Å². The van der Waals surface area contributed by atoms with Crippen LogP contribution in [-0.4, -0.2) is 26.2 Å². The lowest BCUT2D eigenvalue weighted by Crippen LogP contribution is -2.21. The van der Waals surface area contributed by atoms with E-state index >= 15 is 0 Å². The lowest BCUT2D eigenvalue weighted by Gasteiger charge is -2.23. The molecule has 0 amide bonds. The summed E-state index contributed by atoms with van der Waals surface area (Å²) in [5.41, 5.74) is 1.06. The molecule has 4 heterocycles. The van der Waals surface area contributed by atoms with E-state index in [9.17, 15) is 4.79 Å². The van der Waals surface area contributed by atoms with Crippen molar-refractivity contribution in [2.24, 2.45) is 0 Å². The van der Waals surface area contributed by atoms with E-state index in [0.29, 0.717) is 46.3 Å². The monoisotopic (exact) mass is 472 g/mol. The zero-order chi connectivity index (χ0) is 19.8. The molecule has 1 aliphatic rings. The highest BCUT2D eigenvalue weighted by Gasteiger charge is 2.27. The van der Waals surface area contributed by atoms with Gasteiger partial charge in [-0.1, -0.05) is 23.9 Å². The summed E-state index contributed by atoms with van der Waals surface area (Å²) in [7, 11) is 0. The van der Waals surface area contributed by atoms with Gasteiger partial charge in [-0.3, -0.25) is 9.20 Å². The highest BCUT2D eigenvalue weighted by atomic mass is 79.9. The Morgan fingerprint density at radius 3 is 2.93 bits per heavy atom. The minimum atomic E-state index is -0.464. The van der Waals surface area contributed by atoms with Gasteiger partial charge in [-0.25, -0.2) is 4.98 Å². The molecule has 1 unspecified atom stereocenters. The highest BCUT2D eigenvalue weighted by Crippen LogP contribution is 2.36. The Morgan fingerprint density at radius 2 is 2.03 bits per heavy atom. The van der Waals surface area contributed by atoms with E-state index in [0.717, 1.165) is 4.47 Å². The molecule has 0 radical (unpaired) electrons. The number of ether oxygens (including phenoxy) is 2. The van der Waals surface area contributed by atoms with Crippen molar-refractivity contribution < 1.29 is 13.9 Å². The summed E-state index contributed by atoms with van der Waals surface area (Å²) in [6, 6.07) is 12.6. The van der Waals surface area contributed by atoms with Crippen LogP contribution in [0.2, 0.25) is 0 Å². The van der Waals surface area contributed by atoms with Gasteiger partial charge in [0.15, 0.2) is 11.5 Å². The van der Waals surface area contributed by atoms with Crippen LogP contribution in [0.1, 0.15) is 17.7 Å². The molecule has 146 valence electrons. The molecular formula is C19H13BrN4O4S. The van der Waals surface area contributed by atoms with E-state index < -0.39 is 6.10 Å². The number of hydrogen-bond donors (Lipinski definition) is 0. The van der Waals surface area contributed by atoms with Crippen LogP contribution in [0, 0.1) is 0 Å². The maximum absolute atomic E-state index is 12.3. The number of rotatable bonds is 4. The normalized spacial score (nSPS) is 15.6. The van der Waals surface area contributed by atoms with Crippen molar-refractivity contribution in [1.29, 1.82) is 0 Å². The van der Waals surface area contributed by atoms with Crippen LogP contribution in [0.15, 0.2) is 67.6 Å². The third-order valence-electron chi connectivity index (χ3n) is 4.23. The van der Waals surface area contributed by atoms with Gasteiger partial charge in [0.1, 0.15) is 12.3 Å². The fourth-order valence-corrected chi connectivity index (χ4v) is 3.88. The summed E-state index contributed by atoms with van der Waals surface area (Å²) in [6.45, 7) is 0.294. The van der Waals surface area contributed by atoms with Crippen LogP contribution in [0.4, 0.5) is 0 Å². The molecule has 29 heavy (non-hydrogen) atoms. The molecule has 0 saturated heterocycles. The fraction of sp³-hybridized carbons (Fsp3) is 0.158. The number of fused-ring (bicyclic) bond motifs is 2. The van der Waals surface area contributed by atoms with Crippen molar-refractivity contribution in [2.45, 2.75) is 17.1 Å². The van der Waals surface area contributed by atoms with Crippen molar-refractivity contribution >= 4 is 33.3 Å². The van der Waals surface area contributed by atoms with E-state index in [1.807, 2.05) is 30.3 Å². The van der Waals surface area contributed by atoms with Gasteiger partial charge < -0.3 is 13.9 Å². The molecule has 0 N–H and O–H groups in total. The number of hydrogen-bond acceptors (Lipinski definition) is 8. The van der Waals surface area contributed by atoms with Gasteiger partial charge >= 0.3 is 0 Å². The number of halogens is 1. The van der Waals surface area contributed by atoms with Gasteiger partial charge in [0, 0.05) is 22.5 Å². The summed E-state index contributed by atoms with van der Waals surface area (Å²) < 4.78 is 19.6. The third kappa shape index (κ3) is 3.73. The quantitative estimate of drug-likeness (QED) is 0.415. The Balaban J connectivity index is 1.29. The Hall–Kier alpha value is -2.85. The summed E-state index contributed by atoms with van der Waals surface area (Å²) in [5.74, 6) is 2.11. The molecule has 0 bridgehead atoms. The first kappa shape index (κ1) is 18.2. The summed E-state index contributed by atoms with van der Waals surface area (Å²) in [6.07, 6.45) is 1.23. The van der Waals surface area contributed by atoms with Crippen molar-refractivity contribution in [1.82, 2.24) is 19.6 Å². The van der Waals surface area contributed by atoms with Gasteiger partial charge in [-0.2, -0.15) is 0 Å². The van der Waals surface area contributed by atoms with Crippen LogP contribution in [-0.2, 0) is 5.75 Å². The molecule has 0 spiro atoms. The topological polar surface area (TPSA) is 91.8 Å². The van der Waals surface area contributed by atoms with Crippen LogP contribution in [0.3, 0.4) is 0 Å². The van der Waals surface area contributed by atoms with Crippen molar-refractivity contribution in [3.8, 4) is 11.5 Å². The summed E-state index contributed by atoms with van der Waals surface area (Å²) in [4.78, 5) is 16.8. The molecular weight excluding hydrogens is 460 g/mol. The predicted molar refractivity (Wildman–Crippen MR) is 108 cm³/mol. The van der Waals surface area contributed by atoms with E-state index in [-0.39, 0.29) is 5.56 Å². The molecule has 3 aromatic heterocycles. The molecule has 0 saturated carbocycles. The zero-order valence-electron chi connectivity index (χ0n) is 14.8. The van der Waals surface area contributed by atoms with Crippen LogP contribution in [0.5, 0.6) is 11.5 Å². The Kier molecular flexibility index (Phi) is 4.72. The molecule has 0 aliphatic carbocycles. The van der Waals surface area contributed by atoms with E-state index in [4.69, 9.17) is 13.9 Å². The summed E-state index contributed by atoms with van der Waals surface area (Å²) >= 11 is 4.66. The fourth-order valence-electron chi connectivity index (χ4n) is 2.89. The summed E-state index contributed by atoms with van der Waals surface area (Å²) in [5, 5.41) is 8.50. The molecule has 10 heteroatoms. The SMILES string of the molecule is O=c1cc(CSc2nnc(C3COc4ccccc4O3)o2)nc2ccc(Br)cn12. The second kappa shape index (κ2) is 7.53. The smallest absolute Gasteiger partial charge is 0.277 e. The average Bonchev–Trinajstić information content (AvgIpc) is 3.21. The number of thioether (sulfide) groups is 1. The molecule has 5 rings (SSSR count). The standard InChI is InChI=1S/C19H13BrN4O4S/c20-11-5-6-16-21-12(7-17(25)24(16)8-11)10-29-19-23-22-18(28-19)15-9-26-13-3-1-2-4-14(13)27-15/h1-8,15H,9-10H2. The number of pyridine rings is 1. The lowest BCUT2D eigenvalue weighted by atomic mass is 10.2. The second-order valence-corrected chi connectivity index (χ2v) is 8.06. The van der Waals surface area contributed by atoms with Crippen LogP contribution < -0.4 is 15.0 Å². The number of benzene rings is 1. The van der Waals surface area contributed by atoms with Gasteiger partial charge in [0.25, 0.3) is 16.7 Å². The third-order valence-corrected chi connectivity index (χ3v) is 5.55. The van der Waals surface area contributed by atoms with Gasteiger partial charge in [-0.15, -0.1) is 10.2 Å². The first-order chi connectivity index (χ1) is 14.2. The number of para-hydroxylation sites is 2. The van der Waals surface area contributed by atoms with Crippen molar-refractivity contribution in [3.05, 3.63) is 75.1 Å². The lowest BCUT2D eigenvalue weighted by molar-refractivity contribution is 0.0686. The second-order valence-electron chi connectivity index (χ2n) is 6.22. The largest absolute Gasteiger partial charge is 0.485 e. The average molecular weight is 473 g/mol. The minimum Gasteiger partial charge on any atom is -0.485 e. The van der Waals surface area contributed by atoms with Crippen molar-refractivity contribution in [3.63, 3.8) is 0 Å². The van der Waals surface area contributed by atoms with Gasteiger partial charge in [0.2, 0.25) is 6.10 Å². The maximum atomic E-state index is 12.3. The molecule has 1 aliphatic heterocycles. The zero-order valence-corrected chi connectivity index (χ0v) is 17.2. The maximum Gasteiger partial charge on any atom is 0.277 e. The van der Waals surface area contributed by atoms with E-state index in [1.165, 1.54) is 22.2 Å². The number of nitrogens with zero attached hydrogens (tertiary/aromatic N) is 4. The first-order valence-electron chi connectivity index (χ1n) is 8.68. The molecule has 1 atom stereocenters.